The van der Waals surface area contributed by atoms with Crippen LogP contribution in [0.4, 0.5) is 0 Å². The summed E-state index contributed by atoms with van der Waals surface area (Å²) in [6, 6.07) is 0. The van der Waals surface area contributed by atoms with Crippen molar-refractivity contribution in [2.75, 3.05) is 0 Å². The van der Waals surface area contributed by atoms with Crippen molar-refractivity contribution in [3.8, 4) is 0 Å². The summed E-state index contributed by atoms with van der Waals surface area (Å²) in [6.45, 7) is 12.6. The van der Waals surface area contributed by atoms with Crippen molar-refractivity contribution in [1.82, 2.24) is 0 Å². The second-order valence-corrected chi connectivity index (χ2v) is 5.89. The predicted octanol–water partition coefficient (Wildman–Crippen LogP) is -2.43. The molecule has 0 unspecified atom stereocenters. The Bertz CT molecular complexity index is 304. The van der Waals surface area contributed by atoms with E-state index in [0.29, 0.717) is 0 Å². The third-order valence-corrected chi connectivity index (χ3v) is 1.89. The molecule has 0 bridgehead atoms. The molecule has 0 saturated carbocycles. The summed E-state index contributed by atoms with van der Waals surface area (Å²) in [4.78, 5) is 38.4. The molecule has 0 heterocycles. The molecule has 0 saturated heterocycles. The van der Waals surface area contributed by atoms with E-state index >= 15 is 0 Å². The van der Waals surface area contributed by atoms with E-state index in [1.165, 1.54) is 0 Å². The van der Waals surface area contributed by atoms with E-state index in [4.69, 9.17) is 0 Å². The number of rotatable bonds is 4. The van der Waals surface area contributed by atoms with Gasteiger partial charge in [-0.15, -0.1) is 0 Å². The Kier molecular flexibility index (Phi) is 29.1. The fraction of sp³-hybridized carbons (Fsp3) is 0.750. The summed E-state index contributed by atoms with van der Waals surface area (Å²) in [5.41, 5.74) is 0. The van der Waals surface area contributed by atoms with Crippen LogP contribution in [0.1, 0.15) is 55.4 Å². The van der Waals surface area contributed by atoms with Crippen LogP contribution in [0, 0.1) is 23.7 Å². The SMILES string of the molecule is CC(C)C(=O)[O-].CC(C)C(=O)[O-].CC(C)C(=O)[O-].CC(C)C(=O)[O-].[Zr+4]. The van der Waals surface area contributed by atoms with E-state index in [2.05, 4.69) is 0 Å². The summed E-state index contributed by atoms with van der Waals surface area (Å²) in [6.07, 6.45) is 0. The van der Waals surface area contributed by atoms with E-state index in [9.17, 15) is 39.6 Å². The molecule has 9 heteroatoms. The summed E-state index contributed by atoms with van der Waals surface area (Å²) in [5, 5.41) is 38.4. The molecule has 0 aromatic carbocycles. The zero-order chi connectivity index (χ0) is 20.6. The molecule has 0 aliphatic carbocycles. The van der Waals surface area contributed by atoms with Crippen molar-refractivity contribution in [2.45, 2.75) is 55.4 Å². The molecule has 0 aliphatic heterocycles. The molecule has 0 spiro atoms. The Balaban J connectivity index is -0.0000000702. The van der Waals surface area contributed by atoms with E-state index in [0.717, 1.165) is 0 Å². The van der Waals surface area contributed by atoms with Crippen LogP contribution in [0.5, 0.6) is 0 Å². The average Bonchev–Trinajstić information content (AvgIpc) is 2.40. The van der Waals surface area contributed by atoms with Gasteiger partial charge in [0, 0.05) is 23.9 Å². The number of aliphatic carboxylic acids is 4. The van der Waals surface area contributed by atoms with Crippen molar-refractivity contribution in [3.63, 3.8) is 0 Å². The van der Waals surface area contributed by atoms with Crippen LogP contribution in [0.3, 0.4) is 0 Å². The van der Waals surface area contributed by atoms with Crippen molar-refractivity contribution < 1.29 is 65.8 Å². The summed E-state index contributed by atoms with van der Waals surface area (Å²) in [7, 11) is 0. The van der Waals surface area contributed by atoms with Crippen molar-refractivity contribution in [2.24, 2.45) is 23.7 Å². The maximum atomic E-state index is 9.59. The molecule has 0 radical (unpaired) electrons. The Morgan fingerprint density at radius 1 is 0.440 bits per heavy atom. The Hall–Kier alpha value is -1.24. The number of carboxylic acid groups (broad SMARTS) is 4. The molecule has 0 fully saturated rings. The third-order valence-electron chi connectivity index (χ3n) is 1.89. The number of carbonyl (C=O) groups excluding carboxylic acids is 4. The van der Waals surface area contributed by atoms with E-state index in [1.807, 2.05) is 0 Å². The maximum Gasteiger partial charge on any atom is 4.00 e. The average molecular weight is 440 g/mol. The first-order chi connectivity index (χ1) is 10.6. The Morgan fingerprint density at radius 3 is 0.480 bits per heavy atom. The summed E-state index contributed by atoms with van der Waals surface area (Å²) < 4.78 is 0. The standard InChI is InChI=1S/4C4H8O2.Zr/c4*1-3(2)4(5)6;/h4*3H,1-2H3,(H,5,6);/q;;;;+4/p-4. The molecule has 0 amide bonds. The topological polar surface area (TPSA) is 161 Å². The second kappa shape index (κ2) is 20.8. The van der Waals surface area contributed by atoms with Crippen molar-refractivity contribution >= 4 is 23.9 Å². The van der Waals surface area contributed by atoms with E-state index < -0.39 is 23.9 Å². The molecule has 0 atom stereocenters. The number of hydrogen-bond acceptors (Lipinski definition) is 8. The van der Waals surface area contributed by atoms with Crippen molar-refractivity contribution in [1.29, 1.82) is 0 Å². The number of hydrogen-bond donors (Lipinski definition) is 0. The van der Waals surface area contributed by atoms with Gasteiger partial charge in [0.05, 0.1) is 0 Å². The van der Waals surface area contributed by atoms with Gasteiger partial charge < -0.3 is 39.6 Å². The fourth-order valence-corrected chi connectivity index (χ4v) is 0. The first-order valence-corrected chi connectivity index (χ1v) is 7.41. The zero-order valence-corrected chi connectivity index (χ0v) is 18.5. The van der Waals surface area contributed by atoms with Gasteiger partial charge in [0.25, 0.3) is 0 Å². The van der Waals surface area contributed by atoms with Crippen LogP contribution in [-0.2, 0) is 45.4 Å². The van der Waals surface area contributed by atoms with Gasteiger partial charge in [0.2, 0.25) is 0 Å². The first kappa shape index (κ1) is 35.0. The molecule has 25 heavy (non-hydrogen) atoms. The number of carbonyl (C=O) groups is 4. The molecule has 0 rings (SSSR count). The molecule has 0 N–H and O–H groups in total. The van der Waals surface area contributed by atoms with Crippen LogP contribution >= 0.6 is 0 Å². The monoisotopic (exact) mass is 438 g/mol. The smallest absolute Gasteiger partial charge is 0.550 e. The zero-order valence-electron chi connectivity index (χ0n) is 16.1. The summed E-state index contributed by atoms with van der Waals surface area (Å²) in [5.74, 6) is -5.33. The van der Waals surface area contributed by atoms with E-state index in [-0.39, 0.29) is 49.9 Å². The van der Waals surface area contributed by atoms with E-state index in [1.54, 1.807) is 55.4 Å². The maximum absolute atomic E-state index is 9.59. The van der Waals surface area contributed by atoms with Crippen LogP contribution < -0.4 is 20.4 Å². The molecule has 144 valence electrons. The minimum absolute atomic E-state index is 0. The molecule has 0 aromatic heterocycles. The molecule has 8 nitrogen and oxygen atoms in total. The Labute approximate surface area is 168 Å². The molecule has 0 aromatic rings. The van der Waals surface area contributed by atoms with Crippen molar-refractivity contribution in [3.05, 3.63) is 0 Å². The van der Waals surface area contributed by atoms with Crippen LogP contribution in [0.25, 0.3) is 0 Å². The van der Waals surface area contributed by atoms with Gasteiger partial charge in [0.1, 0.15) is 0 Å². The van der Waals surface area contributed by atoms with Gasteiger partial charge >= 0.3 is 26.2 Å². The predicted molar refractivity (Wildman–Crippen MR) is 79.4 cm³/mol. The molecular formula is C16H28O8Zr. The summed E-state index contributed by atoms with van der Waals surface area (Å²) >= 11 is 0. The van der Waals surface area contributed by atoms with Gasteiger partial charge in [-0.05, 0) is 23.7 Å². The van der Waals surface area contributed by atoms with Gasteiger partial charge in [0.15, 0.2) is 0 Å². The van der Waals surface area contributed by atoms with Gasteiger partial charge in [-0.25, -0.2) is 0 Å². The van der Waals surface area contributed by atoms with Gasteiger partial charge in [-0.2, -0.15) is 0 Å². The van der Waals surface area contributed by atoms with Gasteiger partial charge in [-0.3, -0.25) is 0 Å². The second-order valence-electron chi connectivity index (χ2n) is 5.89. The van der Waals surface area contributed by atoms with Gasteiger partial charge in [-0.1, -0.05) is 55.4 Å². The normalized spacial score (nSPS) is 8.80. The number of carboxylic acids is 4. The van der Waals surface area contributed by atoms with Crippen LogP contribution in [0.2, 0.25) is 0 Å². The van der Waals surface area contributed by atoms with Crippen LogP contribution in [0.15, 0.2) is 0 Å². The molecule has 0 aliphatic rings. The Morgan fingerprint density at radius 2 is 0.480 bits per heavy atom. The molecular weight excluding hydrogens is 411 g/mol. The first-order valence-electron chi connectivity index (χ1n) is 7.41. The quantitative estimate of drug-likeness (QED) is 0.467. The minimum atomic E-state index is -0.991. The fourth-order valence-electron chi connectivity index (χ4n) is 0. The third kappa shape index (κ3) is 45.0. The minimum Gasteiger partial charge on any atom is -0.550 e. The largest absolute Gasteiger partial charge is 4.00 e. The van der Waals surface area contributed by atoms with Crippen LogP contribution in [-0.4, -0.2) is 23.9 Å².